The highest BCUT2D eigenvalue weighted by Crippen LogP contribution is 2.23. The summed E-state index contributed by atoms with van der Waals surface area (Å²) < 4.78 is 5.73. The fourth-order valence-corrected chi connectivity index (χ4v) is 3.34. The number of aromatic amines is 1. The van der Waals surface area contributed by atoms with Crippen LogP contribution in [0.5, 0.6) is 11.5 Å². The van der Waals surface area contributed by atoms with Gasteiger partial charge in [0.2, 0.25) is 5.91 Å². The first kappa shape index (κ1) is 20.4. The number of benzene rings is 3. The number of H-pyrrole nitrogens is 1. The average molecular weight is 430 g/mol. The fraction of sp³-hybridized carbons (Fsp3) is 0.0435. The van der Waals surface area contributed by atoms with Crippen molar-refractivity contribution in [2.75, 3.05) is 11.1 Å². The lowest BCUT2D eigenvalue weighted by Gasteiger charge is -2.08. The van der Waals surface area contributed by atoms with Crippen LogP contribution in [0.2, 0.25) is 0 Å². The van der Waals surface area contributed by atoms with Crippen molar-refractivity contribution in [3.05, 3.63) is 95.3 Å². The van der Waals surface area contributed by atoms with E-state index in [1.165, 1.54) is 0 Å². The number of hydrogen-bond donors (Lipinski definition) is 2. The van der Waals surface area contributed by atoms with Gasteiger partial charge < -0.3 is 10.1 Å². The third-order valence-electron chi connectivity index (χ3n) is 4.18. The zero-order valence-corrected chi connectivity index (χ0v) is 17.1. The van der Waals surface area contributed by atoms with E-state index in [0.29, 0.717) is 17.0 Å². The monoisotopic (exact) mass is 430 g/mol. The molecule has 0 unspecified atom stereocenters. The molecule has 3 aromatic carbocycles. The van der Waals surface area contributed by atoms with Gasteiger partial charge in [-0.1, -0.05) is 60.3 Å². The lowest BCUT2D eigenvalue weighted by molar-refractivity contribution is -0.113. The molecule has 1 amide bonds. The van der Waals surface area contributed by atoms with Gasteiger partial charge in [-0.3, -0.25) is 14.6 Å². The van der Waals surface area contributed by atoms with Gasteiger partial charge in [-0.25, -0.2) is 0 Å². The molecule has 0 bridgehead atoms. The molecule has 0 aliphatic rings. The Morgan fingerprint density at radius 1 is 0.871 bits per heavy atom. The molecule has 154 valence electrons. The van der Waals surface area contributed by atoms with Crippen molar-refractivity contribution < 1.29 is 9.53 Å². The zero-order chi connectivity index (χ0) is 21.5. The smallest absolute Gasteiger partial charge is 0.278 e. The standard InChI is InChI=1S/C23H18N4O3S/c28-20(24-17-11-13-19(14-12-17)30-18-9-5-2-6-10-18)15-31-23-25-22(29)21(26-27-23)16-7-3-1-4-8-16/h1-14H,15H2,(H,24,28)(H,25,27,29). The molecule has 8 heteroatoms. The number of para-hydroxylation sites is 1. The van der Waals surface area contributed by atoms with E-state index in [1.807, 2.05) is 48.5 Å². The Bertz CT molecular complexity index is 1210. The third kappa shape index (κ3) is 5.58. The van der Waals surface area contributed by atoms with Crippen LogP contribution in [0.15, 0.2) is 94.9 Å². The van der Waals surface area contributed by atoms with E-state index in [4.69, 9.17) is 4.74 Å². The Balaban J connectivity index is 1.31. The minimum absolute atomic E-state index is 0.0809. The summed E-state index contributed by atoms with van der Waals surface area (Å²) in [5.74, 6) is 1.27. The van der Waals surface area contributed by atoms with Crippen molar-refractivity contribution in [3.8, 4) is 22.8 Å². The van der Waals surface area contributed by atoms with Crippen LogP contribution in [0.25, 0.3) is 11.3 Å². The molecule has 0 atom stereocenters. The molecule has 0 aliphatic carbocycles. The van der Waals surface area contributed by atoms with Crippen molar-refractivity contribution in [3.63, 3.8) is 0 Å². The highest BCUT2D eigenvalue weighted by atomic mass is 32.2. The second kappa shape index (κ2) is 9.73. The number of anilines is 1. The fourth-order valence-electron chi connectivity index (χ4n) is 2.73. The van der Waals surface area contributed by atoms with Gasteiger partial charge in [0.1, 0.15) is 11.5 Å². The number of hydrogen-bond acceptors (Lipinski definition) is 6. The van der Waals surface area contributed by atoms with Crippen LogP contribution in [0, 0.1) is 0 Å². The van der Waals surface area contributed by atoms with Gasteiger partial charge in [-0.2, -0.15) is 0 Å². The summed E-state index contributed by atoms with van der Waals surface area (Å²) in [4.78, 5) is 27.1. The van der Waals surface area contributed by atoms with Crippen molar-refractivity contribution in [1.29, 1.82) is 0 Å². The highest BCUT2D eigenvalue weighted by Gasteiger charge is 2.10. The molecule has 0 aliphatic heterocycles. The SMILES string of the molecule is O=C(CSc1nnc(-c2ccccc2)c(=O)[nH]1)Nc1ccc(Oc2ccccc2)cc1. The van der Waals surface area contributed by atoms with Crippen LogP contribution < -0.4 is 15.6 Å². The molecule has 4 rings (SSSR count). The predicted molar refractivity (Wildman–Crippen MR) is 120 cm³/mol. The average Bonchev–Trinajstić information content (AvgIpc) is 2.80. The van der Waals surface area contributed by atoms with Crippen molar-refractivity contribution in [2.24, 2.45) is 0 Å². The van der Waals surface area contributed by atoms with E-state index < -0.39 is 0 Å². The first-order valence-corrected chi connectivity index (χ1v) is 10.4. The summed E-state index contributed by atoms with van der Waals surface area (Å²) in [7, 11) is 0. The second-order valence-electron chi connectivity index (χ2n) is 6.45. The molecular weight excluding hydrogens is 412 g/mol. The summed E-state index contributed by atoms with van der Waals surface area (Å²) in [5, 5.41) is 11.1. The number of carbonyl (C=O) groups is 1. The van der Waals surface area contributed by atoms with Crippen LogP contribution in [-0.4, -0.2) is 26.8 Å². The van der Waals surface area contributed by atoms with Crippen LogP contribution >= 0.6 is 11.8 Å². The van der Waals surface area contributed by atoms with Crippen molar-refractivity contribution in [1.82, 2.24) is 15.2 Å². The minimum atomic E-state index is -0.349. The second-order valence-corrected chi connectivity index (χ2v) is 7.41. The van der Waals surface area contributed by atoms with E-state index in [0.717, 1.165) is 17.5 Å². The van der Waals surface area contributed by atoms with Gasteiger partial charge >= 0.3 is 0 Å². The third-order valence-corrected chi connectivity index (χ3v) is 5.04. The number of nitrogens with zero attached hydrogens (tertiary/aromatic N) is 2. The molecule has 1 heterocycles. The molecule has 2 N–H and O–H groups in total. The number of thioether (sulfide) groups is 1. The predicted octanol–water partition coefficient (Wildman–Crippen LogP) is 4.36. The van der Waals surface area contributed by atoms with Gasteiger partial charge in [0.05, 0.1) is 5.75 Å². The quantitative estimate of drug-likeness (QED) is 0.423. The topological polar surface area (TPSA) is 97.0 Å². The van der Waals surface area contributed by atoms with Gasteiger partial charge in [0.25, 0.3) is 5.56 Å². The first-order chi connectivity index (χ1) is 15.2. The lowest BCUT2D eigenvalue weighted by Crippen LogP contribution is -2.17. The molecule has 1 aromatic heterocycles. The number of nitrogens with one attached hydrogen (secondary N) is 2. The van der Waals surface area contributed by atoms with Crippen LogP contribution in [0.1, 0.15) is 0 Å². The van der Waals surface area contributed by atoms with E-state index in [-0.39, 0.29) is 28.1 Å². The molecule has 4 aromatic rings. The summed E-state index contributed by atoms with van der Waals surface area (Å²) in [5.41, 5.74) is 1.22. The molecule has 31 heavy (non-hydrogen) atoms. The summed E-state index contributed by atoms with van der Waals surface area (Å²) in [6.07, 6.45) is 0. The van der Waals surface area contributed by atoms with Gasteiger partial charge in [0.15, 0.2) is 10.9 Å². The molecule has 0 spiro atoms. The molecular formula is C23H18N4O3S. The summed E-state index contributed by atoms with van der Waals surface area (Å²) in [6, 6.07) is 25.6. The van der Waals surface area contributed by atoms with Gasteiger partial charge in [-0.15, -0.1) is 10.2 Å². The van der Waals surface area contributed by atoms with Gasteiger partial charge in [-0.05, 0) is 36.4 Å². The van der Waals surface area contributed by atoms with Crippen LogP contribution in [0.3, 0.4) is 0 Å². The molecule has 0 saturated carbocycles. The Kier molecular flexibility index (Phi) is 6.39. The molecule has 0 radical (unpaired) electrons. The maximum atomic E-state index is 12.3. The number of aromatic nitrogens is 3. The Morgan fingerprint density at radius 3 is 2.19 bits per heavy atom. The Hall–Kier alpha value is -3.91. The summed E-state index contributed by atoms with van der Waals surface area (Å²) >= 11 is 1.10. The zero-order valence-electron chi connectivity index (χ0n) is 16.3. The maximum Gasteiger partial charge on any atom is 0.278 e. The molecule has 7 nitrogen and oxygen atoms in total. The van der Waals surface area contributed by atoms with Crippen LogP contribution in [0.4, 0.5) is 5.69 Å². The highest BCUT2D eigenvalue weighted by molar-refractivity contribution is 7.99. The summed E-state index contributed by atoms with van der Waals surface area (Å²) in [6.45, 7) is 0. The number of amides is 1. The normalized spacial score (nSPS) is 10.5. The van der Waals surface area contributed by atoms with E-state index in [2.05, 4.69) is 20.5 Å². The van der Waals surface area contributed by atoms with Gasteiger partial charge in [0, 0.05) is 11.3 Å². The van der Waals surface area contributed by atoms with E-state index in [1.54, 1.807) is 36.4 Å². The Labute approximate surface area is 182 Å². The minimum Gasteiger partial charge on any atom is -0.457 e. The van der Waals surface area contributed by atoms with E-state index in [9.17, 15) is 9.59 Å². The Morgan fingerprint density at radius 2 is 1.52 bits per heavy atom. The first-order valence-electron chi connectivity index (χ1n) is 9.45. The number of rotatable bonds is 7. The molecule has 0 saturated heterocycles. The lowest BCUT2D eigenvalue weighted by atomic mass is 10.2. The van der Waals surface area contributed by atoms with E-state index >= 15 is 0 Å². The maximum absolute atomic E-state index is 12.3. The largest absolute Gasteiger partial charge is 0.457 e. The van der Waals surface area contributed by atoms with Crippen molar-refractivity contribution >= 4 is 23.4 Å². The van der Waals surface area contributed by atoms with Crippen LogP contribution in [-0.2, 0) is 4.79 Å². The number of carbonyl (C=O) groups excluding carboxylic acids is 1. The molecule has 0 fully saturated rings. The van der Waals surface area contributed by atoms with Crippen molar-refractivity contribution in [2.45, 2.75) is 5.16 Å². The number of ether oxygens (including phenoxy) is 1.